The summed E-state index contributed by atoms with van der Waals surface area (Å²) in [5.74, 6) is 0.257. The van der Waals surface area contributed by atoms with Crippen LogP contribution in [0.25, 0.3) is 12.2 Å². The molecule has 1 saturated carbocycles. The van der Waals surface area contributed by atoms with Gasteiger partial charge in [-0.05, 0) is 35.6 Å². The van der Waals surface area contributed by atoms with Crippen LogP contribution >= 0.6 is 0 Å². The third kappa shape index (κ3) is 3.38. The van der Waals surface area contributed by atoms with Crippen molar-refractivity contribution in [1.82, 2.24) is 0 Å². The first-order valence-corrected chi connectivity index (χ1v) is 7.39. The Balaban J connectivity index is 1.99. The Labute approximate surface area is 125 Å². The van der Waals surface area contributed by atoms with Crippen molar-refractivity contribution in [2.24, 2.45) is 0 Å². The van der Waals surface area contributed by atoms with Crippen LogP contribution in [-0.2, 0) is 4.79 Å². The molecule has 0 aromatic heterocycles. The van der Waals surface area contributed by atoms with Gasteiger partial charge in [0, 0.05) is 12.0 Å². The Morgan fingerprint density at radius 2 is 1.29 bits per heavy atom. The van der Waals surface area contributed by atoms with Gasteiger partial charge in [-0.15, -0.1) is 0 Å². The average Bonchev–Trinajstić information content (AvgIpc) is 2.53. The lowest BCUT2D eigenvalue weighted by molar-refractivity contribution is -0.115. The normalized spacial score (nSPS) is 19.1. The van der Waals surface area contributed by atoms with Gasteiger partial charge in [-0.3, -0.25) is 4.79 Å². The second kappa shape index (κ2) is 6.36. The lowest BCUT2D eigenvalue weighted by Gasteiger charge is -2.17. The summed E-state index contributed by atoms with van der Waals surface area (Å²) < 4.78 is 0. The molecule has 0 spiro atoms. The largest absolute Gasteiger partial charge is 0.294 e. The van der Waals surface area contributed by atoms with Gasteiger partial charge >= 0.3 is 0 Å². The zero-order chi connectivity index (χ0) is 14.5. The Hall–Kier alpha value is -2.41. The topological polar surface area (TPSA) is 17.1 Å². The summed E-state index contributed by atoms with van der Waals surface area (Å²) in [6.45, 7) is 0. The van der Waals surface area contributed by atoms with Gasteiger partial charge in [0.25, 0.3) is 0 Å². The number of hydrogen-bond acceptors (Lipinski definition) is 1. The molecule has 0 bridgehead atoms. The van der Waals surface area contributed by atoms with Gasteiger partial charge in [0.05, 0.1) is 0 Å². The van der Waals surface area contributed by atoms with Gasteiger partial charge in [0.1, 0.15) is 0 Å². The van der Waals surface area contributed by atoms with E-state index in [2.05, 4.69) is 18.2 Å². The third-order valence-electron chi connectivity index (χ3n) is 3.75. The number of allylic oxidation sites excluding steroid dienone is 2. The SMILES string of the molecule is O=C1CCCC(=Cc2ccccc2)C1=Cc1ccccc1. The van der Waals surface area contributed by atoms with Crippen molar-refractivity contribution >= 4 is 17.9 Å². The predicted octanol–water partition coefficient (Wildman–Crippen LogP) is 4.91. The van der Waals surface area contributed by atoms with Gasteiger partial charge in [-0.1, -0.05) is 66.7 Å². The maximum absolute atomic E-state index is 12.3. The molecule has 0 radical (unpaired) electrons. The minimum atomic E-state index is 0.257. The maximum atomic E-state index is 12.3. The van der Waals surface area contributed by atoms with Crippen molar-refractivity contribution < 1.29 is 4.79 Å². The molecule has 0 amide bonds. The second-order valence-corrected chi connectivity index (χ2v) is 5.33. The number of Topliss-reactive ketones (excluding diaryl/α,β-unsaturated/α-hetero) is 1. The number of carbonyl (C=O) groups is 1. The molecule has 0 atom stereocenters. The summed E-state index contributed by atoms with van der Waals surface area (Å²) in [7, 11) is 0. The van der Waals surface area contributed by atoms with Crippen molar-refractivity contribution in [3.05, 3.63) is 82.9 Å². The zero-order valence-corrected chi connectivity index (χ0v) is 12.0. The molecule has 2 aromatic carbocycles. The van der Waals surface area contributed by atoms with Crippen LogP contribution in [0.5, 0.6) is 0 Å². The highest BCUT2D eigenvalue weighted by atomic mass is 16.1. The average molecular weight is 274 g/mol. The molecule has 0 aliphatic heterocycles. The lowest BCUT2D eigenvalue weighted by atomic mass is 9.86. The van der Waals surface area contributed by atoms with Crippen molar-refractivity contribution in [1.29, 1.82) is 0 Å². The molecule has 0 saturated heterocycles. The van der Waals surface area contributed by atoms with E-state index in [1.54, 1.807) is 0 Å². The maximum Gasteiger partial charge on any atom is 0.163 e. The van der Waals surface area contributed by atoms with Crippen LogP contribution in [-0.4, -0.2) is 5.78 Å². The van der Waals surface area contributed by atoms with E-state index in [0.29, 0.717) is 6.42 Å². The standard InChI is InChI=1S/C20H18O/c21-20-13-7-12-18(14-16-8-3-1-4-9-16)19(20)15-17-10-5-2-6-11-17/h1-6,8-11,14-15H,7,12-13H2. The fourth-order valence-electron chi connectivity index (χ4n) is 2.68. The molecule has 2 aromatic rings. The number of rotatable bonds is 2. The van der Waals surface area contributed by atoms with Crippen molar-refractivity contribution in [2.75, 3.05) is 0 Å². The Bertz CT molecular complexity index is 678. The third-order valence-corrected chi connectivity index (χ3v) is 3.75. The number of ketones is 1. The van der Waals surface area contributed by atoms with Crippen molar-refractivity contribution in [2.45, 2.75) is 19.3 Å². The monoisotopic (exact) mass is 274 g/mol. The van der Waals surface area contributed by atoms with E-state index in [0.717, 1.165) is 35.1 Å². The molecule has 3 rings (SSSR count). The molecule has 21 heavy (non-hydrogen) atoms. The van der Waals surface area contributed by atoms with Crippen molar-refractivity contribution in [3.8, 4) is 0 Å². The molecule has 104 valence electrons. The first kappa shape index (κ1) is 13.6. The van der Waals surface area contributed by atoms with E-state index in [-0.39, 0.29) is 5.78 Å². The minimum Gasteiger partial charge on any atom is -0.294 e. The number of hydrogen-bond donors (Lipinski definition) is 0. The van der Waals surface area contributed by atoms with Gasteiger partial charge in [0.2, 0.25) is 0 Å². The van der Waals surface area contributed by atoms with Crippen molar-refractivity contribution in [3.63, 3.8) is 0 Å². The number of benzene rings is 2. The van der Waals surface area contributed by atoms with E-state index in [9.17, 15) is 4.79 Å². The van der Waals surface area contributed by atoms with Crippen LogP contribution in [0, 0.1) is 0 Å². The van der Waals surface area contributed by atoms with Crippen LogP contribution in [0.1, 0.15) is 30.4 Å². The lowest BCUT2D eigenvalue weighted by Crippen LogP contribution is -2.11. The summed E-state index contributed by atoms with van der Waals surface area (Å²) in [6.07, 6.45) is 6.75. The molecule has 1 aliphatic rings. The van der Waals surface area contributed by atoms with Gasteiger partial charge < -0.3 is 0 Å². The smallest absolute Gasteiger partial charge is 0.163 e. The van der Waals surface area contributed by atoms with Crippen LogP contribution in [0.3, 0.4) is 0 Å². The molecule has 1 heteroatoms. The number of carbonyl (C=O) groups excluding carboxylic acids is 1. The highest BCUT2D eigenvalue weighted by molar-refractivity contribution is 6.05. The zero-order valence-electron chi connectivity index (χ0n) is 12.0. The van der Waals surface area contributed by atoms with E-state index >= 15 is 0 Å². The quantitative estimate of drug-likeness (QED) is 0.711. The fraction of sp³-hybridized carbons (Fsp3) is 0.150. The first-order chi connectivity index (χ1) is 10.3. The summed E-state index contributed by atoms with van der Waals surface area (Å²) in [6, 6.07) is 20.3. The Morgan fingerprint density at radius 1 is 0.714 bits per heavy atom. The molecular formula is C20H18O. The second-order valence-electron chi connectivity index (χ2n) is 5.33. The van der Waals surface area contributed by atoms with Crippen LogP contribution in [0.4, 0.5) is 0 Å². The van der Waals surface area contributed by atoms with Crippen LogP contribution in [0.15, 0.2) is 71.8 Å². The summed E-state index contributed by atoms with van der Waals surface area (Å²) in [5, 5.41) is 0. The molecular weight excluding hydrogens is 256 g/mol. The highest BCUT2D eigenvalue weighted by Crippen LogP contribution is 2.29. The highest BCUT2D eigenvalue weighted by Gasteiger charge is 2.19. The molecule has 0 unspecified atom stereocenters. The Morgan fingerprint density at radius 3 is 1.90 bits per heavy atom. The summed E-state index contributed by atoms with van der Waals surface area (Å²) >= 11 is 0. The summed E-state index contributed by atoms with van der Waals surface area (Å²) in [4.78, 5) is 12.3. The minimum absolute atomic E-state index is 0.257. The molecule has 1 nitrogen and oxygen atoms in total. The first-order valence-electron chi connectivity index (χ1n) is 7.39. The predicted molar refractivity (Wildman–Crippen MR) is 87.7 cm³/mol. The summed E-state index contributed by atoms with van der Waals surface area (Å²) in [5.41, 5.74) is 4.26. The Kier molecular flexibility index (Phi) is 4.11. The molecule has 0 heterocycles. The fourth-order valence-corrected chi connectivity index (χ4v) is 2.68. The molecule has 1 fully saturated rings. The van der Waals surface area contributed by atoms with Gasteiger partial charge in [-0.2, -0.15) is 0 Å². The molecule has 0 N–H and O–H groups in total. The van der Waals surface area contributed by atoms with E-state index < -0.39 is 0 Å². The van der Waals surface area contributed by atoms with Crippen LogP contribution < -0.4 is 0 Å². The van der Waals surface area contributed by atoms with Crippen LogP contribution in [0.2, 0.25) is 0 Å². The van der Waals surface area contributed by atoms with E-state index in [1.165, 1.54) is 0 Å². The van der Waals surface area contributed by atoms with E-state index in [1.807, 2.05) is 54.6 Å². The van der Waals surface area contributed by atoms with Gasteiger partial charge in [0.15, 0.2) is 5.78 Å². The van der Waals surface area contributed by atoms with E-state index in [4.69, 9.17) is 0 Å². The molecule has 1 aliphatic carbocycles. The van der Waals surface area contributed by atoms with Gasteiger partial charge in [-0.25, -0.2) is 0 Å².